The predicted octanol–water partition coefficient (Wildman–Crippen LogP) is 1.30. The van der Waals surface area contributed by atoms with Gasteiger partial charge in [-0.2, -0.15) is 0 Å². The van der Waals surface area contributed by atoms with E-state index in [1.807, 2.05) is 0 Å². The van der Waals surface area contributed by atoms with Crippen molar-refractivity contribution in [2.45, 2.75) is 102 Å². The number of unbranched alkanes of at least 4 members (excludes halogenated alkanes) is 9. The first-order chi connectivity index (χ1) is 11.6. The minimum atomic E-state index is -1.22. The number of rotatable bonds is 13. The van der Waals surface area contributed by atoms with Crippen molar-refractivity contribution in [2.24, 2.45) is 0 Å². The first kappa shape index (κ1) is 21.8. The molecule has 0 aromatic heterocycles. The van der Waals surface area contributed by atoms with Crippen LogP contribution in [0.25, 0.3) is 0 Å². The average Bonchev–Trinajstić information content (AvgIpc) is 2.58. The van der Waals surface area contributed by atoms with Gasteiger partial charge in [0.2, 0.25) is 0 Å². The molecule has 0 radical (unpaired) electrons. The molecule has 0 amide bonds. The van der Waals surface area contributed by atoms with Crippen LogP contribution in [0.1, 0.15) is 71.1 Å². The molecule has 144 valence electrons. The lowest BCUT2D eigenvalue weighted by molar-refractivity contribution is -0.254. The summed E-state index contributed by atoms with van der Waals surface area (Å²) in [6.07, 6.45) is 8.04. The van der Waals surface area contributed by atoms with Gasteiger partial charge < -0.3 is 30.5 Å². The average molecular weight is 347 g/mol. The fourth-order valence-electron chi connectivity index (χ4n) is 3.20. The zero-order valence-electron chi connectivity index (χ0n) is 15.1. The highest BCUT2D eigenvalue weighted by molar-refractivity contribution is 4.92. The standard InChI is InChI=1S/C18H37NO5/c1-2-3-4-5-6-7-8-9-10-11-12-19-15-17(22)16(21)14(13-20)24-18(15)23/h14-23H,2-13H2,1H3/t14-,15-,16-,17-,18?/m1/s1. The van der Waals surface area contributed by atoms with Crippen LogP contribution in [0.15, 0.2) is 0 Å². The molecule has 5 N–H and O–H groups in total. The van der Waals surface area contributed by atoms with Crippen LogP contribution in [0, 0.1) is 0 Å². The molecule has 0 bridgehead atoms. The molecule has 1 aliphatic rings. The smallest absolute Gasteiger partial charge is 0.173 e. The van der Waals surface area contributed by atoms with E-state index in [1.165, 1.54) is 51.4 Å². The first-order valence-corrected chi connectivity index (χ1v) is 9.65. The van der Waals surface area contributed by atoms with Crippen LogP contribution in [0.4, 0.5) is 0 Å². The molecule has 1 rings (SSSR count). The summed E-state index contributed by atoms with van der Waals surface area (Å²) in [5.74, 6) is 0. The van der Waals surface area contributed by atoms with Gasteiger partial charge in [0.05, 0.1) is 12.6 Å². The molecule has 1 saturated heterocycles. The lowest BCUT2D eigenvalue weighted by Crippen LogP contribution is -2.63. The number of ether oxygens (including phenoxy) is 1. The lowest BCUT2D eigenvalue weighted by Gasteiger charge is -2.40. The van der Waals surface area contributed by atoms with E-state index in [0.717, 1.165) is 12.8 Å². The molecule has 0 saturated carbocycles. The fraction of sp³-hybridized carbons (Fsp3) is 1.00. The van der Waals surface area contributed by atoms with Crippen LogP contribution in [-0.2, 0) is 4.74 Å². The van der Waals surface area contributed by atoms with Gasteiger partial charge >= 0.3 is 0 Å². The Bertz CT molecular complexity index is 305. The van der Waals surface area contributed by atoms with Crippen molar-refractivity contribution >= 4 is 0 Å². The monoisotopic (exact) mass is 347 g/mol. The van der Waals surface area contributed by atoms with Crippen LogP contribution in [-0.4, -0.2) is 64.2 Å². The van der Waals surface area contributed by atoms with Gasteiger partial charge in [-0.3, -0.25) is 0 Å². The summed E-state index contributed by atoms with van der Waals surface area (Å²) in [4.78, 5) is 0. The van der Waals surface area contributed by atoms with Crippen molar-refractivity contribution < 1.29 is 25.2 Å². The third-order valence-electron chi connectivity index (χ3n) is 4.81. The highest BCUT2D eigenvalue weighted by Crippen LogP contribution is 2.19. The molecule has 1 unspecified atom stereocenters. The molecule has 6 heteroatoms. The second kappa shape index (κ2) is 13.0. The molecular formula is C18H37NO5. The molecule has 0 aromatic carbocycles. The quantitative estimate of drug-likeness (QED) is 0.322. The molecule has 6 nitrogen and oxygen atoms in total. The molecule has 24 heavy (non-hydrogen) atoms. The van der Waals surface area contributed by atoms with E-state index >= 15 is 0 Å². The largest absolute Gasteiger partial charge is 0.394 e. The highest BCUT2D eigenvalue weighted by atomic mass is 16.6. The normalized spacial score (nSPS) is 30.6. The Kier molecular flexibility index (Phi) is 11.8. The molecule has 5 atom stereocenters. The van der Waals surface area contributed by atoms with Crippen molar-refractivity contribution in [2.75, 3.05) is 13.2 Å². The van der Waals surface area contributed by atoms with E-state index in [-0.39, 0.29) is 0 Å². The molecule has 1 fully saturated rings. The Morgan fingerprint density at radius 2 is 1.33 bits per heavy atom. The van der Waals surface area contributed by atoms with Gasteiger partial charge in [-0.05, 0) is 13.0 Å². The van der Waals surface area contributed by atoms with Crippen LogP contribution >= 0.6 is 0 Å². The van der Waals surface area contributed by atoms with Crippen LogP contribution < -0.4 is 5.32 Å². The fourth-order valence-corrected chi connectivity index (χ4v) is 3.20. The summed E-state index contributed by atoms with van der Waals surface area (Å²) in [5, 5.41) is 41.8. The maximum absolute atomic E-state index is 10.0. The second-order valence-electron chi connectivity index (χ2n) is 6.89. The van der Waals surface area contributed by atoms with Crippen molar-refractivity contribution in [3.8, 4) is 0 Å². The van der Waals surface area contributed by atoms with Crippen molar-refractivity contribution in [1.29, 1.82) is 0 Å². The van der Waals surface area contributed by atoms with Gasteiger partial charge in [-0.15, -0.1) is 0 Å². The molecule has 0 aliphatic carbocycles. The number of nitrogens with one attached hydrogen (secondary N) is 1. The maximum atomic E-state index is 10.0. The number of aliphatic hydroxyl groups excluding tert-OH is 4. The number of aliphatic hydroxyl groups is 4. The van der Waals surface area contributed by atoms with Crippen LogP contribution in [0.2, 0.25) is 0 Å². The summed E-state index contributed by atoms with van der Waals surface area (Å²) in [7, 11) is 0. The van der Waals surface area contributed by atoms with E-state index in [0.29, 0.717) is 6.54 Å². The minimum absolute atomic E-state index is 0.430. The SMILES string of the molecule is CCCCCCCCCCCCN[C@H]1C(O)O[C@H](CO)[C@@H](O)[C@@H]1O. The summed E-state index contributed by atoms with van der Waals surface area (Å²) in [6, 6.07) is -0.721. The van der Waals surface area contributed by atoms with Gasteiger partial charge in [0.25, 0.3) is 0 Å². The Morgan fingerprint density at radius 1 is 0.792 bits per heavy atom. The summed E-state index contributed by atoms with van der Waals surface area (Å²) < 4.78 is 5.11. The Morgan fingerprint density at radius 3 is 1.88 bits per heavy atom. The minimum Gasteiger partial charge on any atom is -0.394 e. The summed E-state index contributed by atoms with van der Waals surface area (Å²) in [6.45, 7) is 2.47. The predicted molar refractivity (Wildman–Crippen MR) is 93.6 cm³/mol. The molecule has 1 heterocycles. The van der Waals surface area contributed by atoms with Gasteiger partial charge in [0, 0.05) is 0 Å². The van der Waals surface area contributed by atoms with E-state index in [1.54, 1.807) is 0 Å². The van der Waals surface area contributed by atoms with Gasteiger partial charge in [-0.25, -0.2) is 0 Å². The van der Waals surface area contributed by atoms with Gasteiger partial charge in [-0.1, -0.05) is 64.7 Å². The molecule has 1 aliphatic heterocycles. The number of hydrogen-bond acceptors (Lipinski definition) is 6. The van der Waals surface area contributed by atoms with Crippen LogP contribution in [0.5, 0.6) is 0 Å². The molecular weight excluding hydrogens is 310 g/mol. The maximum Gasteiger partial charge on any atom is 0.173 e. The Balaban J connectivity index is 2.02. The third-order valence-corrected chi connectivity index (χ3v) is 4.81. The topological polar surface area (TPSA) is 102 Å². The van der Waals surface area contributed by atoms with E-state index in [4.69, 9.17) is 9.84 Å². The first-order valence-electron chi connectivity index (χ1n) is 9.65. The number of hydrogen-bond donors (Lipinski definition) is 5. The van der Waals surface area contributed by atoms with E-state index < -0.39 is 37.3 Å². The van der Waals surface area contributed by atoms with Crippen molar-refractivity contribution in [1.82, 2.24) is 5.32 Å². The lowest BCUT2D eigenvalue weighted by atomic mass is 9.97. The van der Waals surface area contributed by atoms with Crippen molar-refractivity contribution in [3.63, 3.8) is 0 Å². The zero-order valence-corrected chi connectivity index (χ0v) is 15.1. The van der Waals surface area contributed by atoms with E-state index in [9.17, 15) is 15.3 Å². The summed E-state index contributed by atoms with van der Waals surface area (Å²) in [5.41, 5.74) is 0. The molecule has 0 aromatic rings. The Labute approximate surface area is 146 Å². The molecule has 0 spiro atoms. The second-order valence-corrected chi connectivity index (χ2v) is 6.89. The highest BCUT2D eigenvalue weighted by Gasteiger charge is 2.43. The Hall–Kier alpha value is -0.240. The van der Waals surface area contributed by atoms with Gasteiger partial charge in [0.1, 0.15) is 18.3 Å². The zero-order chi connectivity index (χ0) is 17.8. The summed E-state index contributed by atoms with van der Waals surface area (Å²) >= 11 is 0. The third kappa shape index (κ3) is 7.76. The van der Waals surface area contributed by atoms with Crippen molar-refractivity contribution in [3.05, 3.63) is 0 Å². The van der Waals surface area contributed by atoms with Crippen LogP contribution in [0.3, 0.4) is 0 Å². The van der Waals surface area contributed by atoms with E-state index in [2.05, 4.69) is 12.2 Å². The van der Waals surface area contributed by atoms with Gasteiger partial charge in [0.15, 0.2) is 6.29 Å².